The van der Waals surface area contributed by atoms with E-state index < -0.39 is 5.41 Å². The Balaban J connectivity index is 2.00. The van der Waals surface area contributed by atoms with E-state index in [0.29, 0.717) is 6.61 Å². The van der Waals surface area contributed by atoms with Crippen LogP contribution in [0, 0.1) is 11.2 Å². The van der Waals surface area contributed by atoms with Crippen molar-refractivity contribution in [3.05, 3.63) is 35.6 Å². The van der Waals surface area contributed by atoms with Gasteiger partial charge in [-0.25, -0.2) is 4.39 Å². The van der Waals surface area contributed by atoms with Crippen LogP contribution in [0.25, 0.3) is 0 Å². The molecule has 1 aromatic rings. The largest absolute Gasteiger partial charge is 0.464 e. The quantitative estimate of drug-likeness (QED) is 0.865. The van der Waals surface area contributed by atoms with E-state index in [-0.39, 0.29) is 23.7 Å². The minimum Gasteiger partial charge on any atom is -0.464 e. The maximum Gasteiger partial charge on any atom is 0.311 e. The predicted molar refractivity (Wildman–Crippen MR) is 76.0 cm³/mol. The van der Waals surface area contributed by atoms with Crippen molar-refractivity contribution in [1.82, 2.24) is 5.32 Å². The second kappa shape index (κ2) is 5.92. The Kier molecular flexibility index (Phi) is 4.43. The fraction of sp³-hybridized carbons (Fsp3) is 0.562. The second-order valence-electron chi connectivity index (χ2n) is 6.36. The fourth-order valence-corrected chi connectivity index (χ4v) is 2.46. The third-order valence-electron chi connectivity index (χ3n) is 3.63. The van der Waals surface area contributed by atoms with E-state index in [1.54, 1.807) is 12.1 Å². The fourth-order valence-electron chi connectivity index (χ4n) is 2.46. The molecule has 0 saturated carbocycles. The Morgan fingerprint density at radius 3 is 2.85 bits per heavy atom. The van der Waals surface area contributed by atoms with Gasteiger partial charge in [-0.3, -0.25) is 4.79 Å². The summed E-state index contributed by atoms with van der Waals surface area (Å²) >= 11 is 0. The molecule has 3 nitrogen and oxygen atoms in total. The van der Waals surface area contributed by atoms with Gasteiger partial charge < -0.3 is 10.1 Å². The number of hydrogen-bond donors (Lipinski definition) is 1. The minimum absolute atomic E-state index is 0.0584. The number of nitrogens with one attached hydrogen (secondary N) is 1. The van der Waals surface area contributed by atoms with Crippen LogP contribution in [-0.2, 0) is 9.53 Å². The van der Waals surface area contributed by atoms with Crippen molar-refractivity contribution in [2.75, 3.05) is 13.2 Å². The zero-order chi connectivity index (χ0) is 14.8. The molecule has 2 atom stereocenters. The van der Waals surface area contributed by atoms with Gasteiger partial charge in [0.2, 0.25) is 0 Å². The van der Waals surface area contributed by atoms with E-state index in [0.717, 1.165) is 18.5 Å². The van der Waals surface area contributed by atoms with Crippen molar-refractivity contribution in [1.29, 1.82) is 0 Å². The van der Waals surface area contributed by atoms with E-state index >= 15 is 0 Å². The summed E-state index contributed by atoms with van der Waals surface area (Å²) in [6, 6.07) is 6.72. The molecular formula is C16H22FNO2. The molecule has 110 valence electrons. The third kappa shape index (κ3) is 3.57. The van der Waals surface area contributed by atoms with Crippen LogP contribution in [-0.4, -0.2) is 25.2 Å². The standard InChI is InChI=1S/C16H22FNO2/c1-16(2,3)15(19)20-10-14-13(7-8-18-14)11-5-4-6-12(17)9-11/h4-6,9,13-14,18H,7-8,10H2,1-3H3. The van der Waals surface area contributed by atoms with Gasteiger partial charge in [-0.15, -0.1) is 0 Å². The van der Waals surface area contributed by atoms with E-state index in [2.05, 4.69) is 5.32 Å². The van der Waals surface area contributed by atoms with Gasteiger partial charge in [0.25, 0.3) is 0 Å². The van der Waals surface area contributed by atoms with Crippen LogP contribution in [0.3, 0.4) is 0 Å². The molecule has 1 aromatic carbocycles. The maximum absolute atomic E-state index is 13.3. The van der Waals surface area contributed by atoms with Crippen molar-refractivity contribution in [2.24, 2.45) is 5.41 Å². The number of halogens is 1. The highest BCUT2D eigenvalue weighted by Crippen LogP contribution is 2.28. The molecule has 4 heteroatoms. The van der Waals surface area contributed by atoms with Gasteiger partial charge in [-0.05, 0) is 51.4 Å². The maximum atomic E-state index is 13.3. The van der Waals surface area contributed by atoms with Gasteiger partial charge in [-0.1, -0.05) is 12.1 Å². The molecule has 2 unspecified atom stereocenters. The Bertz CT molecular complexity index is 482. The molecule has 1 fully saturated rings. The SMILES string of the molecule is CC(C)(C)C(=O)OCC1NCCC1c1cccc(F)c1. The zero-order valence-electron chi connectivity index (χ0n) is 12.3. The number of hydrogen-bond acceptors (Lipinski definition) is 3. The number of carbonyl (C=O) groups is 1. The summed E-state index contributed by atoms with van der Waals surface area (Å²) in [5.41, 5.74) is 0.472. The van der Waals surface area contributed by atoms with Gasteiger partial charge in [-0.2, -0.15) is 0 Å². The highest BCUT2D eigenvalue weighted by Gasteiger charge is 2.31. The van der Waals surface area contributed by atoms with Crippen LogP contribution in [0.15, 0.2) is 24.3 Å². The average molecular weight is 279 g/mol. The van der Waals surface area contributed by atoms with Crippen LogP contribution >= 0.6 is 0 Å². The van der Waals surface area contributed by atoms with E-state index in [1.165, 1.54) is 6.07 Å². The monoisotopic (exact) mass is 279 g/mol. The molecule has 1 aliphatic rings. The molecule has 0 radical (unpaired) electrons. The van der Waals surface area contributed by atoms with E-state index in [9.17, 15) is 9.18 Å². The highest BCUT2D eigenvalue weighted by atomic mass is 19.1. The lowest BCUT2D eigenvalue weighted by Gasteiger charge is -2.23. The van der Waals surface area contributed by atoms with Crippen molar-refractivity contribution < 1.29 is 13.9 Å². The first-order valence-electron chi connectivity index (χ1n) is 7.04. The van der Waals surface area contributed by atoms with Crippen molar-refractivity contribution in [3.63, 3.8) is 0 Å². The Morgan fingerprint density at radius 1 is 1.45 bits per heavy atom. The van der Waals surface area contributed by atoms with Crippen molar-refractivity contribution >= 4 is 5.97 Å². The summed E-state index contributed by atoms with van der Waals surface area (Å²) in [5.74, 6) is -0.234. The first-order valence-corrected chi connectivity index (χ1v) is 7.04. The average Bonchev–Trinajstić information content (AvgIpc) is 2.83. The first-order chi connectivity index (χ1) is 9.38. The van der Waals surface area contributed by atoms with Crippen LogP contribution in [0.2, 0.25) is 0 Å². The Hall–Kier alpha value is -1.42. The summed E-state index contributed by atoms with van der Waals surface area (Å²) in [7, 11) is 0. The number of esters is 1. The molecule has 1 N–H and O–H groups in total. The lowest BCUT2D eigenvalue weighted by molar-refractivity contribution is -0.153. The van der Waals surface area contributed by atoms with Crippen LogP contribution in [0.1, 0.15) is 38.7 Å². The summed E-state index contributed by atoms with van der Waals surface area (Å²) in [5, 5.41) is 3.33. The molecule has 0 bridgehead atoms. The summed E-state index contributed by atoms with van der Waals surface area (Å²) in [6.45, 7) is 6.70. The molecule has 0 spiro atoms. The summed E-state index contributed by atoms with van der Waals surface area (Å²) in [6.07, 6.45) is 0.932. The van der Waals surface area contributed by atoms with Gasteiger partial charge in [0.1, 0.15) is 12.4 Å². The molecular weight excluding hydrogens is 257 g/mol. The molecule has 0 aromatic heterocycles. The van der Waals surface area contributed by atoms with Crippen molar-refractivity contribution in [3.8, 4) is 0 Å². The highest BCUT2D eigenvalue weighted by molar-refractivity contribution is 5.75. The number of benzene rings is 1. The van der Waals surface area contributed by atoms with Gasteiger partial charge in [0.15, 0.2) is 0 Å². The van der Waals surface area contributed by atoms with E-state index in [4.69, 9.17) is 4.74 Å². The number of ether oxygens (including phenoxy) is 1. The Labute approximate surface area is 119 Å². The van der Waals surface area contributed by atoms with Crippen LogP contribution < -0.4 is 5.32 Å². The number of rotatable bonds is 3. The molecule has 2 rings (SSSR count). The number of carbonyl (C=O) groups excluding carboxylic acids is 1. The molecule has 0 aliphatic carbocycles. The smallest absolute Gasteiger partial charge is 0.311 e. The van der Waals surface area contributed by atoms with Crippen molar-refractivity contribution in [2.45, 2.75) is 39.2 Å². The van der Waals surface area contributed by atoms with Gasteiger partial charge >= 0.3 is 5.97 Å². The first kappa shape index (κ1) is 15.0. The molecule has 1 heterocycles. The van der Waals surface area contributed by atoms with Crippen LogP contribution in [0.5, 0.6) is 0 Å². The molecule has 20 heavy (non-hydrogen) atoms. The second-order valence-corrected chi connectivity index (χ2v) is 6.36. The van der Waals surface area contributed by atoms with Crippen LogP contribution in [0.4, 0.5) is 4.39 Å². The topological polar surface area (TPSA) is 38.3 Å². The lowest BCUT2D eigenvalue weighted by atomic mass is 9.92. The van der Waals surface area contributed by atoms with E-state index in [1.807, 2.05) is 26.8 Å². The molecule has 0 amide bonds. The minimum atomic E-state index is -0.493. The molecule has 1 saturated heterocycles. The molecule has 1 aliphatic heterocycles. The normalized spacial score (nSPS) is 22.8. The zero-order valence-corrected chi connectivity index (χ0v) is 12.3. The predicted octanol–water partition coefficient (Wildman–Crippen LogP) is 2.86. The van der Waals surface area contributed by atoms with Gasteiger partial charge in [0, 0.05) is 12.0 Å². The third-order valence-corrected chi connectivity index (χ3v) is 3.63. The summed E-state index contributed by atoms with van der Waals surface area (Å²) in [4.78, 5) is 11.8. The summed E-state index contributed by atoms with van der Waals surface area (Å²) < 4.78 is 18.7. The lowest BCUT2D eigenvalue weighted by Crippen LogP contribution is -2.34. The van der Waals surface area contributed by atoms with Gasteiger partial charge in [0.05, 0.1) is 5.41 Å². The Morgan fingerprint density at radius 2 is 2.20 bits per heavy atom.